The van der Waals surface area contributed by atoms with E-state index in [1.165, 1.54) is 0 Å². The molecule has 32 heavy (non-hydrogen) atoms. The second-order valence-corrected chi connectivity index (χ2v) is 8.43. The number of benzene rings is 2. The number of carbonyl (C=O) groups excluding carboxylic acids is 2. The van der Waals surface area contributed by atoms with Gasteiger partial charge in [-0.1, -0.05) is 42.7 Å². The molecule has 0 bridgehead atoms. The van der Waals surface area contributed by atoms with E-state index in [9.17, 15) is 9.59 Å². The Morgan fingerprint density at radius 1 is 1.09 bits per heavy atom. The van der Waals surface area contributed by atoms with Crippen molar-refractivity contribution in [2.75, 3.05) is 5.32 Å². The Morgan fingerprint density at radius 3 is 2.62 bits per heavy atom. The number of aryl methyl sites for hydroxylation is 1. The number of nitrogens with one attached hydrogen (secondary N) is 2. The molecule has 0 aliphatic heterocycles. The van der Waals surface area contributed by atoms with Crippen molar-refractivity contribution in [3.63, 3.8) is 0 Å². The molecule has 1 aromatic heterocycles. The van der Waals surface area contributed by atoms with Gasteiger partial charge in [0.2, 0.25) is 23.5 Å². The first-order chi connectivity index (χ1) is 15.4. The van der Waals surface area contributed by atoms with Gasteiger partial charge in [0, 0.05) is 42.1 Å². The van der Waals surface area contributed by atoms with Crippen LogP contribution in [0.25, 0.3) is 11.4 Å². The summed E-state index contributed by atoms with van der Waals surface area (Å²) in [5, 5.41) is 10.4. The minimum Gasteiger partial charge on any atom is -0.352 e. The SMILES string of the molecule is CC(C)CC(=O)Nc1cccc(CNC(=O)CCCc2nc(-c3ccc(Cl)cc3)no2)c1. The van der Waals surface area contributed by atoms with Gasteiger partial charge in [0.1, 0.15) is 0 Å². The highest BCUT2D eigenvalue weighted by atomic mass is 35.5. The monoisotopic (exact) mass is 454 g/mol. The van der Waals surface area contributed by atoms with E-state index in [2.05, 4.69) is 20.8 Å². The second kappa shape index (κ2) is 11.4. The molecular formula is C24H27ClN4O3. The maximum atomic E-state index is 12.2. The van der Waals surface area contributed by atoms with Crippen LogP contribution in [0, 0.1) is 5.92 Å². The lowest BCUT2D eigenvalue weighted by molar-refractivity contribution is -0.121. The molecule has 0 aliphatic carbocycles. The minimum atomic E-state index is -0.0586. The predicted molar refractivity (Wildman–Crippen MR) is 124 cm³/mol. The van der Waals surface area contributed by atoms with Gasteiger partial charge in [-0.3, -0.25) is 9.59 Å². The number of anilines is 1. The quantitative estimate of drug-likeness (QED) is 0.448. The Balaban J connectivity index is 1.41. The summed E-state index contributed by atoms with van der Waals surface area (Å²) in [7, 11) is 0. The molecule has 2 aromatic carbocycles. The Bertz CT molecular complexity index is 1050. The fourth-order valence-electron chi connectivity index (χ4n) is 3.10. The van der Waals surface area contributed by atoms with Crippen molar-refractivity contribution in [3.8, 4) is 11.4 Å². The molecule has 7 nitrogen and oxygen atoms in total. The summed E-state index contributed by atoms with van der Waals surface area (Å²) < 4.78 is 5.27. The van der Waals surface area contributed by atoms with E-state index in [0.717, 1.165) is 16.8 Å². The third-order valence-electron chi connectivity index (χ3n) is 4.66. The van der Waals surface area contributed by atoms with Crippen LogP contribution in [0.15, 0.2) is 53.1 Å². The summed E-state index contributed by atoms with van der Waals surface area (Å²) in [4.78, 5) is 28.5. The van der Waals surface area contributed by atoms with Crippen LogP contribution < -0.4 is 10.6 Å². The number of nitrogens with zero attached hydrogens (tertiary/aromatic N) is 2. The molecule has 0 radical (unpaired) electrons. The van der Waals surface area contributed by atoms with Crippen LogP contribution in [-0.4, -0.2) is 22.0 Å². The van der Waals surface area contributed by atoms with Crippen LogP contribution >= 0.6 is 11.6 Å². The van der Waals surface area contributed by atoms with E-state index >= 15 is 0 Å². The van der Waals surface area contributed by atoms with Crippen LogP contribution in [0.3, 0.4) is 0 Å². The van der Waals surface area contributed by atoms with E-state index in [0.29, 0.717) is 54.9 Å². The standard InChI is InChI=1S/C24H27ClN4O3/c1-16(2)13-22(31)27-20-6-3-5-17(14-20)15-26-21(30)7-4-8-23-28-24(29-32-23)18-9-11-19(25)12-10-18/h3,5-6,9-12,14,16H,4,7-8,13,15H2,1-2H3,(H,26,30)(H,27,31). The molecule has 0 saturated heterocycles. The highest BCUT2D eigenvalue weighted by Crippen LogP contribution is 2.19. The number of hydrogen-bond donors (Lipinski definition) is 2. The lowest BCUT2D eigenvalue weighted by atomic mass is 10.1. The van der Waals surface area contributed by atoms with Crippen molar-refractivity contribution in [3.05, 3.63) is 65.0 Å². The summed E-state index contributed by atoms with van der Waals surface area (Å²) in [6, 6.07) is 14.7. The molecule has 0 saturated carbocycles. The zero-order chi connectivity index (χ0) is 22.9. The molecule has 0 unspecified atom stereocenters. The van der Waals surface area contributed by atoms with Crippen LogP contribution in [0.2, 0.25) is 5.02 Å². The largest absolute Gasteiger partial charge is 0.352 e. The van der Waals surface area contributed by atoms with Gasteiger partial charge in [0.15, 0.2) is 0 Å². The molecule has 1 heterocycles. The van der Waals surface area contributed by atoms with Crippen molar-refractivity contribution in [2.24, 2.45) is 5.92 Å². The Hall–Kier alpha value is -3.19. The third-order valence-corrected chi connectivity index (χ3v) is 4.91. The van der Waals surface area contributed by atoms with Crippen molar-refractivity contribution in [1.29, 1.82) is 0 Å². The van der Waals surface area contributed by atoms with Crippen molar-refractivity contribution < 1.29 is 14.1 Å². The van der Waals surface area contributed by atoms with E-state index in [1.807, 2.05) is 50.2 Å². The summed E-state index contributed by atoms with van der Waals surface area (Å²) in [5.74, 6) is 1.22. The van der Waals surface area contributed by atoms with Crippen LogP contribution in [0.5, 0.6) is 0 Å². The number of aromatic nitrogens is 2. The minimum absolute atomic E-state index is 0.0126. The predicted octanol–water partition coefficient (Wildman–Crippen LogP) is 5.01. The van der Waals surface area contributed by atoms with Gasteiger partial charge >= 0.3 is 0 Å². The first-order valence-corrected chi connectivity index (χ1v) is 11.0. The molecule has 8 heteroatoms. The molecule has 3 aromatic rings. The maximum Gasteiger partial charge on any atom is 0.226 e. The molecule has 168 valence electrons. The first-order valence-electron chi connectivity index (χ1n) is 10.6. The van der Waals surface area contributed by atoms with E-state index in [-0.39, 0.29) is 11.8 Å². The van der Waals surface area contributed by atoms with Gasteiger partial charge in [-0.05, 0) is 54.3 Å². The molecule has 0 atom stereocenters. The fourth-order valence-corrected chi connectivity index (χ4v) is 3.23. The lowest BCUT2D eigenvalue weighted by Crippen LogP contribution is -2.22. The van der Waals surface area contributed by atoms with Gasteiger partial charge in [-0.25, -0.2) is 0 Å². The molecule has 0 fully saturated rings. The normalized spacial score (nSPS) is 10.9. The topological polar surface area (TPSA) is 97.1 Å². The summed E-state index contributed by atoms with van der Waals surface area (Å²) in [6.45, 7) is 4.40. The summed E-state index contributed by atoms with van der Waals surface area (Å²) >= 11 is 5.89. The Morgan fingerprint density at radius 2 is 1.88 bits per heavy atom. The Kier molecular flexibility index (Phi) is 8.39. The zero-order valence-electron chi connectivity index (χ0n) is 18.2. The van der Waals surface area contributed by atoms with Gasteiger partial charge < -0.3 is 15.2 Å². The number of carbonyl (C=O) groups is 2. The average Bonchev–Trinajstić information content (AvgIpc) is 3.21. The van der Waals surface area contributed by atoms with Gasteiger partial charge in [-0.15, -0.1) is 0 Å². The van der Waals surface area contributed by atoms with E-state index < -0.39 is 0 Å². The number of hydrogen-bond acceptors (Lipinski definition) is 5. The Labute approximate surface area is 192 Å². The third kappa shape index (κ3) is 7.50. The average molecular weight is 455 g/mol. The molecule has 0 spiro atoms. The molecule has 2 N–H and O–H groups in total. The smallest absolute Gasteiger partial charge is 0.226 e. The van der Waals surface area contributed by atoms with Gasteiger partial charge in [-0.2, -0.15) is 4.98 Å². The van der Waals surface area contributed by atoms with E-state index in [1.54, 1.807) is 12.1 Å². The van der Waals surface area contributed by atoms with Gasteiger partial charge in [0.05, 0.1) is 0 Å². The summed E-state index contributed by atoms with van der Waals surface area (Å²) in [5.41, 5.74) is 2.48. The number of rotatable bonds is 10. The van der Waals surface area contributed by atoms with Crippen LogP contribution in [0.1, 0.15) is 44.6 Å². The highest BCUT2D eigenvalue weighted by Gasteiger charge is 2.10. The molecule has 3 rings (SSSR count). The number of amides is 2. The summed E-state index contributed by atoms with van der Waals surface area (Å²) in [6.07, 6.45) is 1.94. The fraction of sp³-hybridized carbons (Fsp3) is 0.333. The zero-order valence-corrected chi connectivity index (χ0v) is 19.0. The number of halogens is 1. The molecular weight excluding hydrogens is 428 g/mol. The van der Waals surface area contributed by atoms with Crippen LogP contribution in [-0.2, 0) is 22.6 Å². The molecule has 2 amide bonds. The van der Waals surface area contributed by atoms with Crippen molar-refractivity contribution >= 4 is 29.1 Å². The van der Waals surface area contributed by atoms with Crippen molar-refractivity contribution in [2.45, 2.75) is 46.1 Å². The first kappa shape index (κ1) is 23.5. The van der Waals surface area contributed by atoms with Crippen molar-refractivity contribution in [1.82, 2.24) is 15.5 Å². The lowest BCUT2D eigenvalue weighted by Gasteiger charge is -2.09. The molecule has 0 aliphatic rings. The van der Waals surface area contributed by atoms with Gasteiger partial charge in [0.25, 0.3) is 0 Å². The van der Waals surface area contributed by atoms with E-state index in [4.69, 9.17) is 16.1 Å². The highest BCUT2D eigenvalue weighted by molar-refractivity contribution is 6.30. The van der Waals surface area contributed by atoms with Crippen LogP contribution in [0.4, 0.5) is 5.69 Å². The second-order valence-electron chi connectivity index (χ2n) is 8.00. The maximum absolute atomic E-state index is 12.2.